The lowest BCUT2D eigenvalue weighted by Gasteiger charge is -2.13. The Morgan fingerprint density at radius 3 is 2.64 bits per heavy atom. The fourth-order valence-corrected chi connectivity index (χ4v) is 2.79. The van der Waals surface area contributed by atoms with Crippen molar-refractivity contribution in [3.63, 3.8) is 0 Å². The normalized spacial score (nSPS) is 10.7. The summed E-state index contributed by atoms with van der Waals surface area (Å²) in [7, 11) is 0. The van der Waals surface area contributed by atoms with Crippen molar-refractivity contribution in [2.24, 2.45) is 0 Å². The first-order chi connectivity index (χ1) is 10.6. The summed E-state index contributed by atoms with van der Waals surface area (Å²) in [6.45, 7) is 3.64. The van der Waals surface area contributed by atoms with Crippen LogP contribution in [0, 0.1) is 5.82 Å². The van der Waals surface area contributed by atoms with Gasteiger partial charge in [-0.1, -0.05) is 41.4 Å². The van der Waals surface area contributed by atoms with E-state index in [0.717, 1.165) is 5.56 Å². The number of benzene rings is 2. The molecule has 0 heterocycles. The minimum Gasteiger partial charge on any atom is -0.492 e. The molecule has 2 aromatic carbocycles. The van der Waals surface area contributed by atoms with E-state index >= 15 is 0 Å². The number of hydrogen-bond acceptors (Lipinski definition) is 2. The minimum atomic E-state index is -0.176. The smallest absolute Gasteiger partial charge is 0.142 e. The van der Waals surface area contributed by atoms with Gasteiger partial charge in [0.2, 0.25) is 0 Å². The van der Waals surface area contributed by atoms with Crippen LogP contribution in [0.15, 0.2) is 36.4 Å². The third-order valence-corrected chi connectivity index (χ3v) is 3.72. The molecule has 118 valence electrons. The number of halogens is 3. The molecule has 0 fully saturated rings. The lowest BCUT2D eigenvalue weighted by atomic mass is 10.1. The SMILES string of the molecule is CCOc1c(Cl)cc(Cl)cc1CNCCc1ccccc1F. The minimum absolute atomic E-state index is 0.176. The Hall–Kier alpha value is -1.29. The highest BCUT2D eigenvalue weighted by atomic mass is 35.5. The molecule has 0 radical (unpaired) electrons. The topological polar surface area (TPSA) is 21.3 Å². The highest BCUT2D eigenvalue weighted by molar-refractivity contribution is 6.35. The van der Waals surface area contributed by atoms with Crippen molar-refractivity contribution >= 4 is 23.2 Å². The molecule has 22 heavy (non-hydrogen) atoms. The van der Waals surface area contributed by atoms with Crippen LogP contribution in [0.4, 0.5) is 4.39 Å². The van der Waals surface area contributed by atoms with E-state index in [9.17, 15) is 4.39 Å². The summed E-state index contributed by atoms with van der Waals surface area (Å²) in [4.78, 5) is 0. The molecule has 0 unspecified atom stereocenters. The molecule has 0 saturated heterocycles. The van der Waals surface area contributed by atoms with Crippen LogP contribution in [0.3, 0.4) is 0 Å². The van der Waals surface area contributed by atoms with E-state index in [1.165, 1.54) is 6.07 Å². The van der Waals surface area contributed by atoms with Crippen LogP contribution in [-0.4, -0.2) is 13.2 Å². The van der Waals surface area contributed by atoms with E-state index in [0.29, 0.717) is 47.5 Å². The zero-order valence-electron chi connectivity index (χ0n) is 12.3. The van der Waals surface area contributed by atoms with E-state index in [2.05, 4.69) is 5.32 Å². The molecule has 2 aromatic rings. The van der Waals surface area contributed by atoms with Gasteiger partial charge in [-0.3, -0.25) is 0 Å². The Bertz CT molecular complexity index is 634. The molecule has 0 aliphatic rings. The summed E-state index contributed by atoms with van der Waals surface area (Å²) in [5, 5.41) is 4.34. The molecule has 0 saturated carbocycles. The fourth-order valence-electron chi connectivity index (χ4n) is 2.20. The van der Waals surface area contributed by atoms with E-state index in [1.807, 2.05) is 19.1 Å². The molecule has 2 nitrogen and oxygen atoms in total. The van der Waals surface area contributed by atoms with E-state index in [-0.39, 0.29) is 5.82 Å². The van der Waals surface area contributed by atoms with E-state index in [4.69, 9.17) is 27.9 Å². The molecule has 0 bridgehead atoms. The van der Waals surface area contributed by atoms with Gasteiger partial charge in [0.1, 0.15) is 11.6 Å². The largest absolute Gasteiger partial charge is 0.492 e. The second-order valence-corrected chi connectivity index (χ2v) is 5.67. The average Bonchev–Trinajstić information content (AvgIpc) is 2.48. The maximum atomic E-state index is 13.5. The maximum Gasteiger partial charge on any atom is 0.142 e. The first kappa shape index (κ1) is 17.1. The van der Waals surface area contributed by atoms with Gasteiger partial charge >= 0.3 is 0 Å². The van der Waals surface area contributed by atoms with Gasteiger partial charge in [0.15, 0.2) is 0 Å². The van der Waals surface area contributed by atoms with Gasteiger partial charge in [0.25, 0.3) is 0 Å². The summed E-state index contributed by atoms with van der Waals surface area (Å²) in [5.41, 5.74) is 1.59. The summed E-state index contributed by atoms with van der Waals surface area (Å²) < 4.78 is 19.1. The lowest BCUT2D eigenvalue weighted by molar-refractivity contribution is 0.335. The number of nitrogens with one attached hydrogen (secondary N) is 1. The summed E-state index contributed by atoms with van der Waals surface area (Å²) in [6.07, 6.45) is 0.616. The van der Waals surface area contributed by atoms with Gasteiger partial charge in [-0.05, 0) is 43.7 Å². The summed E-state index contributed by atoms with van der Waals surface area (Å²) in [5.74, 6) is 0.470. The number of ether oxygens (including phenoxy) is 1. The third-order valence-electron chi connectivity index (χ3n) is 3.22. The molecule has 0 aliphatic carbocycles. The Morgan fingerprint density at radius 2 is 1.91 bits per heavy atom. The first-order valence-corrected chi connectivity index (χ1v) is 7.92. The number of hydrogen-bond donors (Lipinski definition) is 1. The Morgan fingerprint density at radius 1 is 1.14 bits per heavy atom. The Labute approximate surface area is 140 Å². The molecule has 5 heteroatoms. The van der Waals surface area contributed by atoms with Crippen molar-refractivity contribution in [1.29, 1.82) is 0 Å². The van der Waals surface area contributed by atoms with E-state index in [1.54, 1.807) is 18.2 Å². The second kappa shape index (κ2) is 8.37. The summed E-state index contributed by atoms with van der Waals surface area (Å²) >= 11 is 12.2. The quantitative estimate of drug-likeness (QED) is 0.726. The van der Waals surface area contributed by atoms with Crippen molar-refractivity contribution in [3.8, 4) is 5.75 Å². The van der Waals surface area contributed by atoms with Gasteiger partial charge in [-0.15, -0.1) is 0 Å². The Kier molecular flexibility index (Phi) is 6.49. The molecular formula is C17H18Cl2FNO. The Balaban J connectivity index is 1.95. The van der Waals surface area contributed by atoms with Crippen molar-refractivity contribution in [3.05, 3.63) is 63.4 Å². The second-order valence-electron chi connectivity index (χ2n) is 4.83. The maximum absolute atomic E-state index is 13.5. The highest BCUT2D eigenvalue weighted by Gasteiger charge is 2.10. The molecule has 0 aromatic heterocycles. The zero-order valence-corrected chi connectivity index (χ0v) is 13.8. The predicted octanol–water partition coefficient (Wildman–Crippen LogP) is 4.86. The number of rotatable bonds is 7. The molecule has 0 aliphatic heterocycles. The van der Waals surface area contributed by atoms with Crippen LogP contribution >= 0.6 is 23.2 Å². The molecule has 0 atom stereocenters. The first-order valence-electron chi connectivity index (χ1n) is 7.16. The van der Waals surface area contributed by atoms with Crippen molar-refractivity contribution in [2.75, 3.05) is 13.2 Å². The van der Waals surface area contributed by atoms with Gasteiger partial charge in [0, 0.05) is 17.1 Å². The van der Waals surface area contributed by atoms with Crippen molar-refractivity contribution < 1.29 is 9.13 Å². The molecule has 0 spiro atoms. The third kappa shape index (κ3) is 4.60. The van der Waals surface area contributed by atoms with Gasteiger partial charge < -0.3 is 10.1 Å². The van der Waals surface area contributed by atoms with Crippen LogP contribution < -0.4 is 10.1 Å². The average molecular weight is 342 g/mol. The monoisotopic (exact) mass is 341 g/mol. The van der Waals surface area contributed by atoms with E-state index < -0.39 is 0 Å². The fraction of sp³-hybridized carbons (Fsp3) is 0.294. The van der Waals surface area contributed by atoms with Crippen LogP contribution in [0.25, 0.3) is 0 Å². The highest BCUT2D eigenvalue weighted by Crippen LogP contribution is 2.32. The molecule has 2 rings (SSSR count). The van der Waals surface area contributed by atoms with Gasteiger partial charge in [-0.2, -0.15) is 0 Å². The summed E-state index contributed by atoms with van der Waals surface area (Å²) in [6, 6.07) is 10.3. The zero-order chi connectivity index (χ0) is 15.9. The molecule has 1 N–H and O–H groups in total. The lowest BCUT2D eigenvalue weighted by Crippen LogP contribution is -2.18. The van der Waals surface area contributed by atoms with Crippen LogP contribution in [-0.2, 0) is 13.0 Å². The van der Waals surface area contributed by atoms with Crippen molar-refractivity contribution in [2.45, 2.75) is 19.9 Å². The van der Waals surface area contributed by atoms with Gasteiger partial charge in [-0.25, -0.2) is 4.39 Å². The predicted molar refractivity (Wildman–Crippen MR) is 89.4 cm³/mol. The van der Waals surface area contributed by atoms with Gasteiger partial charge in [0.05, 0.1) is 11.6 Å². The van der Waals surface area contributed by atoms with Crippen LogP contribution in [0.5, 0.6) is 5.75 Å². The van der Waals surface area contributed by atoms with Crippen molar-refractivity contribution in [1.82, 2.24) is 5.32 Å². The molecule has 0 amide bonds. The standard InChI is InChI=1S/C17H18Cl2FNO/c1-2-22-17-13(9-14(18)10-15(17)19)11-21-8-7-12-5-3-4-6-16(12)20/h3-6,9-10,21H,2,7-8,11H2,1H3. The van der Waals surface area contributed by atoms with Crippen LogP contribution in [0.1, 0.15) is 18.1 Å². The molecular weight excluding hydrogens is 324 g/mol. The van der Waals surface area contributed by atoms with Crippen LogP contribution in [0.2, 0.25) is 10.0 Å².